The first-order chi connectivity index (χ1) is 10.2. The van der Waals surface area contributed by atoms with E-state index < -0.39 is 0 Å². The van der Waals surface area contributed by atoms with Crippen LogP contribution in [0.2, 0.25) is 10.0 Å². The monoisotopic (exact) mass is 323 g/mol. The molecule has 0 aliphatic carbocycles. The third-order valence-corrected chi connectivity index (χ3v) is 4.01. The van der Waals surface area contributed by atoms with Gasteiger partial charge in [0.05, 0.1) is 22.7 Å². The lowest BCUT2D eigenvalue weighted by Gasteiger charge is -2.27. The standard InChI is InChI=1S/C15H15Cl2N3O/c1-18-14-10(16)8-11(17)15(20-14)19-12-6-7-21-13-5-3-2-4-9(12)13/h2-5,8,12H,6-7H2,1H3,(H2,18,19,20). The molecule has 2 N–H and O–H groups in total. The van der Waals surface area contributed by atoms with Gasteiger partial charge in [0.15, 0.2) is 0 Å². The molecule has 1 aromatic heterocycles. The van der Waals surface area contributed by atoms with Gasteiger partial charge in [-0.2, -0.15) is 0 Å². The van der Waals surface area contributed by atoms with E-state index in [1.165, 1.54) is 0 Å². The molecular formula is C15H15Cl2N3O. The zero-order chi connectivity index (χ0) is 14.8. The van der Waals surface area contributed by atoms with Crippen LogP contribution in [0, 0.1) is 0 Å². The number of rotatable bonds is 3. The number of pyridine rings is 1. The molecular weight excluding hydrogens is 309 g/mol. The van der Waals surface area contributed by atoms with Gasteiger partial charge >= 0.3 is 0 Å². The van der Waals surface area contributed by atoms with Gasteiger partial charge in [-0.05, 0) is 12.1 Å². The molecule has 0 saturated heterocycles. The van der Waals surface area contributed by atoms with Crippen molar-refractivity contribution in [3.8, 4) is 5.75 Å². The number of nitrogens with one attached hydrogen (secondary N) is 2. The van der Waals surface area contributed by atoms with Crippen molar-refractivity contribution in [1.82, 2.24) is 4.98 Å². The van der Waals surface area contributed by atoms with Gasteiger partial charge in [0.25, 0.3) is 0 Å². The summed E-state index contributed by atoms with van der Waals surface area (Å²) < 4.78 is 5.66. The van der Waals surface area contributed by atoms with Crippen LogP contribution in [-0.2, 0) is 0 Å². The van der Waals surface area contributed by atoms with E-state index in [9.17, 15) is 0 Å². The Labute approximate surface area is 133 Å². The van der Waals surface area contributed by atoms with E-state index in [4.69, 9.17) is 27.9 Å². The number of para-hydroxylation sites is 1. The third-order valence-electron chi connectivity index (χ3n) is 3.44. The van der Waals surface area contributed by atoms with Crippen molar-refractivity contribution in [1.29, 1.82) is 0 Å². The van der Waals surface area contributed by atoms with Crippen molar-refractivity contribution in [3.63, 3.8) is 0 Å². The van der Waals surface area contributed by atoms with Gasteiger partial charge in [-0.15, -0.1) is 0 Å². The lowest BCUT2D eigenvalue weighted by atomic mass is 10.0. The van der Waals surface area contributed by atoms with Crippen LogP contribution in [0.15, 0.2) is 30.3 Å². The van der Waals surface area contributed by atoms with E-state index >= 15 is 0 Å². The van der Waals surface area contributed by atoms with E-state index in [2.05, 4.69) is 21.7 Å². The van der Waals surface area contributed by atoms with Crippen LogP contribution in [0.25, 0.3) is 0 Å². The number of halogens is 2. The number of fused-ring (bicyclic) bond motifs is 1. The second-order valence-electron chi connectivity index (χ2n) is 4.77. The maximum absolute atomic E-state index is 6.24. The molecule has 1 atom stereocenters. The third kappa shape index (κ3) is 2.87. The van der Waals surface area contributed by atoms with E-state index in [0.717, 1.165) is 17.7 Å². The smallest absolute Gasteiger partial charge is 0.147 e. The Morgan fingerprint density at radius 3 is 2.76 bits per heavy atom. The molecule has 6 heteroatoms. The first-order valence-corrected chi connectivity index (χ1v) is 7.46. The fraction of sp³-hybridized carbons (Fsp3) is 0.267. The maximum Gasteiger partial charge on any atom is 0.147 e. The molecule has 0 fully saturated rings. The van der Waals surface area contributed by atoms with Crippen molar-refractivity contribution in [2.24, 2.45) is 0 Å². The number of hydrogen-bond acceptors (Lipinski definition) is 4. The van der Waals surface area contributed by atoms with E-state index in [-0.39, 0.29) is 6.04 Å². The molecule has 3 rings (SSSR count). The van der Waals surface area contributed by atoms with Crippen LogP contribution < -0.4 is 15.4 Å². The van der Waals surface area contributed by atoms with E-state index in [0.29, 0.717) is 28.3 Å². The van der Waals surface area contributed by atoms with Crippen LogP contribution in [-0.4, -0.2) is 18.6 Å². The minimum absolute atomic E-state index is 0.117. The molecule has 21 heavy (non-hydrogen) atoms. The minimum Gasteiger partial charge on any atom is -0.493 e. The van der Waals surface area contributed by atoms with Crippen LogP contribution in [0.5, 0.6) is 5.75 Å². The molecule has 2 heterocycles. The Balaban J connectivity index is 1.91. The molecule has 0 radical (unpaired) electrons. The average Bonchev–Trinajstić information content (AvgIpc) is 2.50. The normalized spacial score (nSPS) is 16.8. The number of benzene rings is 1. The van der Waals surface area contributed by atoms with Gasteiger partial charge in [-0.25, -0.2) is 4.98 Å². The zero-order valence-corrected chi connectivity index (χ0v) is 13.0. The molecule has 0 spiro atoms. The van der Waals surface area contributed by atoms with Gasteiger partial charge < -0.3 is 15.4 Å². The Morgan fingerprint density at radius 1 is 1.19 bits per heavy atom. The number of hydrogen-bond donors (Lipinski definition) is 2. The average molecular weight is 324 g/mol. The van der Waals surface area contributed by atoms with Crippen LogP contribution in [0.4, 0.5) is 11.6 Å². The van der Waals surface area contributed by atoms with E-state index in [1.807, 2.05) is 18.2 Å². The first kappa shape index (κ1) is 14.3. The molecule has 1 aromatic carbocycles. The lowest BCUT2D eigenvalue weighted by Crippen LogP contribution is -2.21. The quantitative estimate of drug-likeness (QED) is 0.880. The summed E-state index contributed by atoms with van der Waals surface area (Å²) in [6, 6.07) is 9.79. The molecule has 0 saturated carbocycles. The fourth-order valence-corrected chi connectivity index (χ4v) is 2.91. The van der Waals surface area contributed by atoms with Gasteiger partial charge in [-0.1, -0.05) is 41.4 Å². The van der Waals surface area contributed by atoms with E-state index in [1.54, 1.807) is 13.1 Å². The Bertz CT molecular complexity index is 663. The number of nitrogens with zero attached hydrogens (tertiary/aromatic N) is 1. The summed E-state index contributed by atoms with van der Waals surface area (Å²) in [7, 11) is 1.77. The van der Waals surface area contributed by atoms with Gasteiger partial charge in [-0.3, -0.25) is 0 Å². The molecule has 2 aromatic rings. The summed E-state index contributed by atoms with van der Waals surface area (Å²) in [5.41, 5.74) is 1.11. The highest BCUT2D eigenvalue weighted by atomic mass is 35.5. The van der Waals surface area contributed by atoms with Gasteiger partial charge in [0.2, 0.25) is 0 Å². The maximum atomic E-state index is 6.24. The topological polar surface area (TPSA) is 46.2 Å². The van der Waals surface area contributed by atoms with Crippen molar-refractivity contribution in [3.05, 3.63) is 45.9 Å². The molecule has 4 nitrogen and oxygen atoms in total. The minimum atomic E-state index is 0.117. The number of ether oxygens (including phenoxy) is 1. The molecule has 1 aliphatic heterocycles. The van der Waals surface area contributed by atoms with Crippen LogP contribution >= 0.6 is 23.2 Å². The molecule has 1 aliphatic rings. The van der Waals surface area contributed by atoms with Gasteiger partial charge in [0, 0.05) is 19.0 Å². The predicted octanol–water partition coefficient (Wildman–Crippen LogP) is 4.37. The zero-order valence-electron chi connectivity index (χ0n) is 11.5. The highest BCUT2D eigenvalue weighted by molar-refractivity contribution is 6.37. The summed E-state index contributed by atoms with van der Waals surface area (Å²) in [4.78, 5) is 4.43. The summed E-state index contributed by atoms with van der Waals surface area (Å²) in [6.07, 6.45) is 0.854. The predicted molar refractivity (Wildman–Crippen MR) is 86.7 cm³/mol. The Hall–Kier alpha value is -1.65. The van der Waals surface area contributed by atoms with Crippen molar-refractivity contribution in [2.45, 2.75) is 12.5 Å². The van der Waals surface area contributed by atoms with Crippen LogP contribution in [0.1, 0.15) is 18.0 Å². The number of aromatic nitrogens is 1. The molecule has 0 amide bonds. The fourth-order valence-electron chi connectivity index (χ4n) is 2.40. The number of anilines is 2. The highest BCUT2D eigenvalue weighted by Crippen LogP contribution is 2.36. The van der Waals surface area contributed by atoms with Crippen molar-refractivity contribution in [2.75, 3.05) is 24.3 Å². The summed E-state index contributed by atoms with van der Waals surface area (Å²) in [5.74, 6) is 2.12. The second kappa shape index (κ2) is 6.00. The van der Waals surface area contributed by atoms with Crippen molar-refractivity contribution < 1.29 is 4.74 Å². The largest absolute Gasteiger partial charge is 0.493 e. The Morgan fingerprint density at radius 2 is 1.95 bits per heavy atom. The summed E-state index contributed by atoms with van der Waals surface area (Å²) in [6.45, 7) is 0.665. The highest BCUT2D eigenvalue weighted by Gasteiger charge is 2.22. The summed E-state index contributed by atoms with van der Waals surface area (Å²) in [5, 5.41) is 7.34. The molecule has 0 bridgehead atoms. The molecule has 110 valence electrons. The summed E-state index contributed by atoms with van der Waals surface area (Å²) >= 11 is 12.3. The first-order valence-electron chi connectivity index (χ1n) is 6.71. The van der Waals surface area contributed by atoms with Crippen LogP contribution in [0.3, 0.4) is 0 Å². The second-order valence-corrected chi connectivity index (χ2v) is 5.59. The van der Waals surface area contributed by atoms with Gasteiger partial charge in [0.1, 0.15) is 17.4 Å². The lowest BCUT2D eigenvalue weighted by molar-refractivity contribution is 0.274. The SMILES string of the molecule is CNc1nc(NC2CCOc3ccccc32)c(Cl)cc1Cl. The Kier molecular flexibility index (Phi) is 4.08. The molecule has 1 unspecified atom stereocenters. The van der Waals surface area contributed by atoms with Crippen molar-refractivity contribution >= 4 is 34.8 Å².